The summed E-state index contributed by atoms with van der Waals surface area (Å²) in [7, 11) is 0. The Balaban J connectivity index is 1.55. The lowest BCUT2D eigenvalue weighted by molar-refractivity contribution is 0.0272. The van der Waals surface area contributed by atoms with Crippen molar-refractivity contribution in [1.29, 1.82) is 0 Å². The van der Waals surface area contributed by atoms with Crippen molar-refractivity contribution in [3.63, 3.8) is 0 Å². The zero-order chi connectivity index (χ0) is 16.5. The van der Waals surface area contributed by atoms with Crippen molar-refractivity contribution < 1.29 is 9.53 Å². The van der Waals surface area contributed by atoms with E-state index in [-0.39, 0.29) is 6.09 Å². The van der Waals surface area contributed by atoms with Crippen LogP contribution in [0.25, 0.3) is 0 Å². The zero-order valence-corrected chi connectivity index (χ0v) is 14.7. The second kappa shape index (κ2) is 6.18. The normalized spacial score (nSPS) is 27.6. The lowest BCUT2D eigenvalue weighted by atomic mass is 9.83. The largest absolute Gasteiger partial charge is 0.444 e. The third-order valence-corrected chi connectivity index (χ3v) is 5.26. The smallest absolute Gasteiger partial charge is 0.410 e. The van der Waals surface area contributed by atoms with Crippen LogP contribution in [-0.2, 0) is 11.2 Å². The first-order valence-corrected chi connectivity index (χ1v) is 8.87. The highest BCUT2D eigenvalue weighted by atomic mass is 16.6. The van der Waals surface area contributed by atoms with E-state index < -0.39 is 5.60 Å². The van der Waals surface area contributed by atoms with Crippen LogP contribution in [0.4, 0.5) is 4.79 Å². The number of hydrogen-bond donors (Lipinski definition) is 0. The molecule has 3 nitrogen and oxygen atoms in total. The molecular weight excluding hydrogens is 286 g/mol. The molecule has 1 spiro atoms. The molecule has 3 heteroatoms. The van der Waals surface area contributed by atoms with Crippen molar-refractivity contribution in [3.8, 4) is 0 Å². The van der Waals surface area contributed by atoms with E-state index in [0.717, 1.165) is 25.4 Å². The number of likely N-dealkylation sites (tertiary alicyclic amines) is 1. The monoisotopic (exact) mass is 315 g/mol. The Kier molecular flexibility index (Phi) is 4.39. The minimum atomic E-state index is -0.404. The SMILES string of the molecule is CC(C)(C)OC(=O)N1CCC2(CCC(Cc3ccccc3)C2)C1. The first-order valence-electron chi connectivity index (χ1n) is 8.87. The third-order valence-electron chi connectivity index (χ3n) is 5.26. The molecule has 1 saturated carbocycles. The predicted octanol–water partition coefficient (Wildman–Crippen LogP) is 4.66. The van der Waals surface area contributed by atoms with Crippen LogP contribution in [0.5, 0.6) is 0 Å². The van der Waals surface area contributed by atoms with Crippen LogP contribution in [0.15, 0.2) is 30.3 Å². The lowest BCUT2D eigenvalue weighted by Gasteiger charge is -2.27. The van der Waals surface area contributed by atoms with Gasteiger partial charge in [0.05, 0.1) is 0 Å². The van der Waals surface area contributed by atoms with Crippen molar-refractivity contribution in [2.75, 3.05) is 13.1 Å². The van der Waals surface area contributed by atoms with Crippen molar-refractivity contribution in [2.24, 2.45) is 11.3 Å². The number of carbonyl (C=O) groups is 1. The summed E-state index contributed by atoms with van der Waals surface area (Å²) in [5.41, 5.74) is 1.38. The van der Waals surface area contributed by atoms with Crippen LogP contribution in [-0.4, -0.2) is 29.7 Å². The molecule has 1 aromatic rings. The Labute approximate surface area is 140 Å². The standard InChI is InChI=1S/C20H29NO2/c1-19(2,3)23-18(22)21-12-11-20(15-21)10-9-17(14-20)13-16-7-5-4-6-8-16/h4-8,17H,9-15H2,1-3H3. The quantitative estimate of drug-likeness (QED) is 0.794. The van der Waals surface area contributed by atoms with Crippen LogP contribution >= 0.6 is 0 Å². The Morgan fingerprint density at radius 3 is 2.70 bits per heavy atom. The number of amides is 1. The summed E-state index contributed by atoms with van der Waals surface area (Å²) in [6, 6.07) is 10.8. The maximum Gasteiger partial charge on any atom is 0.410 e. The number of nitrogens with zero attached hydrogens (tertiary/aromatic N) is 1. The summed E-state index contributed by atoms with van der Waals surface area (Å²) in [5.74, 6) is 0.760. The van der Waals surface area contributed by atoms with E-state index in [0.29, 0.717) is 5.41 Å². The number of rotatable bonds is 2. The highest BCUT2D eigenvalue weighted by molar-refractivity contribution is 5.68. The molecule has 126 valence electrons. The van der Waals surface area contributed by atoms with E-state index in [9.17, 15) is 4.79 Å². The van der Waals surface area contributed by atoms with Gasteiger partial charge in [-0.3, -0.25) is 0 Å². The molecule has 2 unspecified atom stereocenters. The van der Waals surface area contributed by atoms with Gasteiger partial charge in [0, 0.05) is 13.1 Å². The Morgan fingerprint density at radius 1 is 1.26 bits per heavy atom. The fourth-order valence-corrected chi connectivity index (χ4v) is 4.24. The molecule has 1 amide bonds. The molecule has 2 atom stereocenters. The van der Waals surface area contributed by atoms with Gasteiger partial charge in [-0.1, -0.05) is 30.3 Å². The highest BCUT2D eigenvalue weighted by Crippen LogP contribution is 2.49. The van der Waals surface area contributed by atoms with Gasteiger partial charge in [0.25, 0.3) is 0 Å². The molecule has 0 N–H and O–H groups in total. The molecule has 1 heterocycles. The molecule has 2 aliphatic rings. The van der Waals surface area contributed by atoms with E-state index in [4.69, 9.17) is 4.74 Å². The number of ether oxygens (including phenoxy) is 1. The van der Waals surface area contributed by atoms with Gasteiger partial charge in [0.15, 0.2) is 0 Å². The molecule has 1 aliphatic heterocycles. The Hall–Kier alpha value is -1.51. The average Bonchev–Trinajstić information content (AvgIpc) is 3.06. The van der Waals surface area contributed by atoms with Crippen LogP contribution in [0.2, 0.25) is 0 Å². The van der Waals surface area contributed by atoms with Gasteiger partial charge in [-0.2, -0.15) is 0 Å². The second-order valence-electron chi connectivity index (χ2n) is 8.45. The lowest BCUT2D eigenvalue weighted by Crippen LogP contribution is -2.36. The minimum Gasteiger partial charge on any atom is -0.444 e. The predicted molar refractivity (Wildman–Crippen MR) is 92.3 cm³/mol. The topological polar surface area (TPSA) is 29.5 Å². The van der Waals surface area contributed by atoms with E-state index in [1.807, 2.05) is 25.7 Å². The van der Waals surface area contributed by atoms with E-state index in [2.05, 4.69) is 30.3 Å². The molecular formula is C20H29NO2. The second-order valence-corrected chi connectivity index (χ2v) is 8.45. The van der Waals surface area contributed by atoms with Crippen LogP contribution in [0.1, 0.15) is 52.0 Å². The van der Waals surface area contributed by atoms with Gasteiger partial charge >= 0.3 is 6.09 Å². The molecule has 0 bridgehead atoms. The number of carbonyl (C=O) groups excluding carboxylic acids is 1. The summed E-state index contributed by atoms with van der Waals surface area (Å²) >= 11 is 0. The molecule has 1 saturated heterocycles. The molecule has 2 fully saturated rings. The average molecular weight is 315 g/mol. The molecule has 3 rings (SSSR count). The molecule has 1 aromatic carbocycles. The molecule has 23 heavy (non-hydrogen) atoms. The van der Waals surface area contributed by atoms with Gasteiger partial charge in [-0.05, 0) is 69.8 Å². The summed E-state index contributed by atoms with van der Waals surface area (Å²) in [6.45, 7) is 7.53. The van der Waals surface area contributed by atoms with Crippen molar-refractivity contribution in [2.45, 2.75) is 58.5 Å². The molecule has 0 radical (unpaired) electrons. The summed E-state index contributed by atoms with van der Waals surface area (Å²) in [4.78, 5) is 14.2. The maximum atomic E-state index is 12.3. The minimum absolute atomic E-state index is 0.138. The van der Waals surface area contributed by atoms with Gasteiger partial charge < -0.3 is 9.64 Å². The first kappa shape index (κ1) is 16.4. The highest BCUT2D eigenvalue weighted by Gasteiger charge is 2.45. The van der Waals surface area contributed by atoms with Crippen molar-refractivity contribution >= 4 is 6.09 Å². The van der Waals surface area contributed by atoms with Gasteiger partial charge in [-0.25, -0.2) is 4.79 Å². The number of hydrogen-bond acceptors (Lipinski definition) is 2. The summed E-state index contributed by atoms with van der Waals surface area (Å²) in [6.07, 6.45) is 5.97. The van der Waals surface area contributed by atoms with Crippen LogP contribution in [0, 0.1) is 11.3 Å². The first-order chi connectivity index (χ1) is 10.9. The fourth-order valence-electron chi connectivity index (χ4n) is 4.24. The van der Waals surface area contributed by atoms with E-state index in [1.54, 1.807) is 0 Å². The Bertz CT molecular complexity index is 549. The summed E-state index contributed by atoms with van der Waals surface area (Å²) in [5, 5.41) is 0. The van der Waals surface area contributed by atoms with Gasteiger partial charge in [0.2, 0.25) is 0 Å². The van der Waals surface area contributed by atoms with Crippen LogP contribution < -0.4 is 0 Å². The van der Waals surface area contributed by atoms with E-state index in [1.165, 1.54) is 31.2 Å². The van der Waals surface area contributed by atoms with Crippen LogP contribution in [0.3, 0.4) is 0 Å². The number of benzene rings is 1. The van der Waals surface area contributed by atoms with Crippen molar-refractivity contribution in [1.82, 2.24) is 4.90 Å². The zero-order valence-electron chi connectivity index (χ0n) is 14.7. The summed E-state index contributed by atoms with van der Waals surface area (Å²) < 4.78 is 5.53. The van der Waals surface area contributed by atoms with Gasteiger partial charge in [0.1, 0.15) is 5.60 Å². The van der Waals surface area contributed by atoms with Crippen molar-refractivity contribution in [3.05, 3.63) is 35.9 Å². The molecule has 1 aliphatic carbocycles. The van der Waals surface area contributed by atoms with E-state index >= 15 is 0 Å². The maximum absolute atomic E-state index is 12.3. The van der Waals surface area contributed by atoms with Gasteiger partial charge in [-0.15, -0.1) is 0 Å². The Morgan fingerprint density at radius 2 is 2.00 bits per heavy atom. The fraction of sp³-hybridized carbons (Fsp3) is 0.650. The third kappa shape index (κ3) is 4.07. The molecule has 0 aromatic heterocycles.